The molecule has 0 fully saturated rings. The molecule has 0 amide bonds. The SMILES string of the molecule is CCCCCc1s[nH]n(Cl)[nH]c1Cl. The Morgan fingerprint density at radius 3 is 2.85 bits per heavy atom. The molecule has 76 valence electrons. The van der Waals surface area contributed by atoms with E-state index in [2.05, 4.69) is 16.5 Å². The first-order chi connectivity index (χ1) is 6.24. The van der Waals surface area contributed by atoms with Gasteiger partial charge < -0.3 is 0 Å². The highest BCUT2D eigenvalue weighted by molar-refractivity contribution is 7.05. The van der Waals surface area contributed by atoms with E-state index in [1.807, 2.05) is 0 Å². The smallest absolute Gasteiger partial charge is 0.138 e. The number of nitrogens with one attached hydrogen (secondary N) is 2. The van der Waals surface area contributed by atoms with Crippen LogP contribution < -0.4 is 0 Å². The third kappa shape index (κ3) is 3.67. The molecule has 0 aliphatic heterocycles. The number of hydrogen-bond acceptors (Lipinski definition) is 1. The van der Waals surface area contributed by atoms with Crippen molar-refractivity contribution in [3.8, 4) is 0 Å². The van der Waals surface area contributed by atoms with Gasteiger partial charge in [0.25, 0.3) is 0 Å². The van der Waals surface area contributed by atoms with Crippen molar-refractivity contribution in [2.24, 2.45) is 0 Å². The molecule has 0 aromatic carbocycles. The van der Waals surface area contributed by atoms with E-state index in [4.69, 9.17) is 23.4 Å². The summed E-state index contributed by atoms with van der Waals surface area (Å²) in [7, 11) is 0. The van der Waals surface area contributed by atoms with E-state index in [0.29, 0.717) is 5.15 Å². The minimum Gasteiger partial charge on any atom is -0.256 e. The molecule has 0 atom stereocenters. The number of aromatic amines is 2. The van der Waals surface area contributed by atoms with Gasteiger partial charge in [-0.05, 0) is 24.4 Å². The predicted octanol–water partition coefficient (Wildman–Crippen LogP) is 3.72. The quantitative estimate of drug-likeness (QED) is 0.755. The lowest BCUT2D eigenvalue weighted by molar-refractivity contribution is 0.716. The molecule has 6 heteroatoms. The van der Waals surface area contributed by atoms with Crippen LogP contribution in [0.4, 0.5) is 0 Å². The Hall–Kier alpha value is -0.0600. The molecule has 0 radical (unpaired) electrons. The first-order valence-electron chi connectivity index (χ1n) is 4.27. The number of aromatic nitrogens is 3. The summed E-state index contributed by atoms with van der Waals surface area (Å²) in [4.78, 5) is 1.12. The topological polar surface area (TPSA) is 36.5 Å². The van der Waals surface area contributed by atoms with Gasteiger partial charge >= 0.3 is 0 Å². The second kappa shape index (κ2) is 5.62. The second-order valence-corrected chi connectivity index (χ2v) is 4.38. The molecule has 0 saturated heterocycles. The van der Waals surface area contributed by atoms with Crippen LogP contribution in [0.15, 0.2) is 0 Å². The highest BCUT2D eigenvalue weighted by atomic mass is 35.5. The number of unbranched alkanes of at least 4 members (excludes halogenated alkanes) is 2. The zero-order chi connectivity index (χ0) is 9.68. The molecule has 0 unspecified atom stereocenters. The molecule has 1 aromatic heterocycles. The minimum atomic E-state index is 0.620. The number of rotatable bonds is 4. The normalized spacial score (nSPS) is 10.4. The van der Waals surface area contributed by atoms with Crippen LogP contribution in [0, 0.1) is 0 Å². The summed E-state index contributed by atoms with van der Waals surface area (Å²) in [6.07, 6.45) is 4.62. The summed E-state index contributed by atoms with van der Waals surface area (Å²) in [5.41, 5.74) is 0. The average molecular weight is 242 g/mol. The van der Waals surface area contributed by atoms with Crippen molar-refractivity contribution in [2.75, 3.05) is 0 Å². The third-order valence-electron chi connectivity index (χ3n) is 1.70. The molecule has 3 nitrogen and oxygen atoms in total. The molecule has 13 heavy (non-hydrogen) atoms. The van der Waals surface area contributed by atoms with Crippen LogP contribution in [0.3, 0.4) is 0 Å². The van der Waals surface area contributed by atoms with Crippen molar-refractivity contribution >= 4 is 34.9 Å². The molecule has 1 aromatic rings. The van der Waals surface area contributed by atoms with Gasteiger partial charge in [0.1, 0.15) is 5.15 Å². The van der Waals surface area contributed by atoms with Crippen molar-refractivity contribution in [1.29, 1.82) is 0 Å². The van der Waals surface area contributed by atoms with E-state index in [1.54, 1.807) is 0 Å². The van der Waals surface area contributed by atoms with E-state index in [1.165, 1.54) is 35.1 Å². The fourth-order valence-electron chi connectivity index (χ4n) is 1.01. The number of aryl methyl sites for hydroxylation is 1. The summed E-state index contributed by atoms with van der Waals surface area (Å²) in [5.74, 6) is 0. The van der Waals surface area contributed by atoms with E-state index in [-0.39, 0.29) is 0 Å². The lowest BCUT2D eigenvalue weighted by Crippen LogP contribution is -1.97. The van der Waals surface area contributed by atoms with E-state index in [9.17, 15) is 0 Å². The molecule has 0 aliphatic rings. The van der Waals surface area contributed by atoms with Crippen LogP contribution in [0.2, 0.25) is 5.15 Å². The van der Waals surface area contributed by atoms with E-state index >= 15 is 0 Å². The first kappa shape index (κ1) is 11.0. The molecular weight excluding hydrogens is 229 g/mol. The molecule has 0 aliphatic carbocycles. The summed E-state index contributed by atoms with van der Waals surface area (Å²) in [6.45, 7) is 2.18. The molecule has 1 heterocycles. The minimum absolute atomic E-state index is 0.620. The third-order valence-corrected chi connectivity index (χ3v) is 3.32. The predicted molar refractivity (Wildman–Crippen MR) is 58.1 cm³/mol. The Bertz CT molecular complexity index is 282. The average Bonchev–Trinajstić information content (AvgIpc) is 2.09. The molecule has 2 N–H and O–H groups in total. The second-order valence-electron chi connectivity index (χ2n) is 2.78. The van der Waals surface area contributed by atoms with Gasteiger partial charge in [0, 0.05) is 0 Å². The van der Waals surface area contributed by atoms with Crippen LogP contribution in [0.25, 0.3) is 0 Å². The van der Waals surface area contributed by atoms with Gasteiger partial charge in [-0.15, -0.1) is 4.32 Å². The Morgan fingerprint density at radius 1 is 1.46 bits per heavy atom. The van der Waals surface area contributed by atoms with Gasteiger partial charge in [-0.3, -0.25) is 5.10 Å². The maximum Gasteiger partial charge on any atom is 0.138 e. The largest absolute Gasteiger partial charge is 0.256 e. The lowest BCUT2D eigenvalue weighted by Gasteiger charge is -2.04. The maximum absolute atomic E-state index is 5.94. The highest BCUT2D eigenvalue weighted by Crippen LogP contribution is 2.17. The van der Waals surface area contributed by atoms with E-state index < -0.39 is 0 Å². The Morgan fingerprint density at radius 2 is 2.23 bits per heavy atom. The number of hydrogen-bond donors (Lipinski definition) is 2. The van der Waals surface area contributed by atoms with Crippen LogP contribution in [-0.2, 0) is 6.42 Å². The van der Waals surface area contributed by atoms with Crippen molar-refractivity contribution < 1.29 is 0 Å². The number of nitrogens with zero attached hydrogens (tertiary/aromatic N) is 1. The number of H-pyrrole nitrogens is 2. The fraction of sp³-hybridized carbons (Fsp3) is 0.714. The van der Waals surface area contributed by atoms with Gasteiger partial charge in [0.05, 0.1) is 16.7 Å². The summed E-state index contributed by atoms with van der Waals surface area (Å²) < 4.78 is 4.07. The van der Waals surface area contributed by atoms with Crippen LogP contribution >= 0.6 is 34.9 Å². The highest BCUT2D eigenvalue weighted by Gasteiger charge is 2.01. The molecule has 1 rings (SSSR count). The van der Waals surface area contributed by atoms with Crippen molar-refractivity contribution in [3.63, 3.8) is 0 Å². The van der Waals surface area contributed by atoms with Crippen LogP contribution in [-0.4, -0.2) is 13.9 Å². The Labute approximate surface area is 91.6 Å². The standard InChI is InChI=1S/C7H13Cl2N3S/c1-2-3-4-5-6-7(8)10-12(9)11-13-6/h10-11H,2-5H2,1H3. The zero-order valence-electron chi connectivity index (χ0n) is 7.44. The zero-order valence-corrected chi connectivity index (χ0v) is 9.77. The van der Waals surface area contributed by atoms with Crippen LogP contribution in [0.1, 0.15) is 31.1 Å². The molecule has 0 bridgehead atoms. The summed E-state index contributed by atoms with van der Waals surface area (Å²) >= 11 is 13.0. The molecular formula is C7H13Cl2N3S. The van der Waals surface area contributed by atoms with E-state index in [0.717, 1.165) is 11.3 Å². The Balaban J connectivity index is 2.56. The van der Waals surface area contributed by atoms with Gasteiger partial charge in [-0.2, -0.15) is 0 Å². The van der Waals surface area contributed by atoms with Crippen molar-refractivity contribution in [3.05, 3.63) is 10.0 Å². The van der Waals surface area contributed by atoms with Gasteiger partial charge in [-0.25, -0.2) is 4.49 Å². The fourth-order valence-corrected chi connectivity index (χ4v) is 2.15. The molecule has 0 spiro atoms. The van der Waals surface area contributed by atoms with Gasteiger partial charge in [-0.1, -0.05) is 31.4 Å². The van der Waals surface area contributed by atoms with Crippen molar-refractivity contribution in [1.82, 2.24) is 13.9 Å². The summed E-state index contributed by atoms with van der Waals surface area (Å²) in [6, 6.07) is 0. The lowest BCUT2D eigenvalue weighted by atomic mass is 10.2. The molecule has 0 saturated carbocycles. The van der Waals surface area contributed by atoms with Crippen LogP contribution in [0.5, 0.6) is 0 Å². The van der Waals surface area contributed by atoms with Gasteiger partial charge in [0.2, 0.25) is 0 Å². The maximum atomic E-state index is 5.94. The first-order valence-corrected chi connectivity index (χ1v) is 5.81. The summed E-state index contributed by atoms with van der Waals surface area (Å²) in [5, 5.41) is 3.39. The monoisotopic (exact) mass is 241 g/mol. The number of halogens is 2. The van der Waals surface area contributed by atoms with Gasteiger partial charge in [0.15, 0.2) is 0 Å². The van der Waals surface area contributed by atoms with Crippen molar-refractivity contribution in [2.45, 2.75) is 32.6 Å². The Kier molecular flexibility index (Phi) is 4.77.